The Morgan fingerprint density at radius 2 is 0.456 bits per heavy atom. The van der Waals surface area contributed by atoms with Crippen molar-refractivity contribution in [2.24, 2.45) is 5.92 Å². The molecule has 68 heavy (non-hydrogen) atoms. The molecule has 0 fully saturated rings. The molecule has 0 saturated heterocycles. The number of rotatable bonds is 61. The van der Waals surface area contributed by atoms with Gasteiger partial charge in [-0.25, -0.2) is 0 Å². The van der Waals surface area contributed by atoms with Crippen molar-refractivity contribution in [3.8, 4) is 0 Å². The van der Waals surface area contributed by atoms with E-state index in [2.05, 4.69) is 26.0 Å². The van der Waals surface area contributed by atoms with Crippen LogP contribution in [-0.4, -0.2) is 22.3 Å². The summed E-state index contributed by atoms with van der Waals surface area (Å²) in [7, 11) is 0. The van der Waals surface area contributed by atoms with Crippen LogP contribution in [-0.2, 0) is 4.79 Å². The molecule has 0 bridgehead atoms. The molecule has 0 aliphatic carbocycles. The molecule has 0 aliphatic heterocycles. The van der Waals surface area contributed by atoms with E-state index < -0.39 is 18.0 Å². The lowest BCUT2D eigenvalue weighted by molar-refractivity contribution is -0.146. The molecule has 0 heterocycles. The third kappa shape index (κ3) is 56.1. The first kappa shape index (κ1) is 67.2. The predicted octanol–water partition coefficient (Wildman–Crippen LogP) is 23.3. The number of allylic oxidation sites excluding steroid dienone is 2. The average Bonchev–Trinajstić information content (AvgIpc) is 3.34. The summed E-state index contributed by atoms with van der Waals surface area (Å²) in [5, 5.41) is 20.5. The number of carboxylic acids is 1. The topological polar surface area (TPSA) is 57.5 Å². The van der Waals surface area contributed by atoms with Crippen molar-refractivity contribution in [1.82, 2.24) is 0 Å². The SMILES string of the molecule is CCCCCCCCCCCCCCCCCCCC/C=C\CCCCCCCCCCCCCCCCC(O)C(CCCCCCCCCCCCCCCCCCCCCCCC)C(=O)O. The third-order valence-corrected chi connectivity index (χ3v) is 15.7. The summed E-state index contributed by atoms with van der Waals surface area (Å²) >= 11 is 0. The summed E-state index contributed by atoms with van der Waals surface area (Å²) in [5.41, 5.74) is 0. The lowest BCUT2D eigenvalue weighted by Crippen LogP contribution is -2.28. The summed E-state index contributed by atoms with van der Waals surface area (Å²) in [6.07, 6.45) is 82.7. The number of carbonyl (C=O) groups is 1. The van der Waals surface area contributed by atoms with E-state index in [1.807, 2.05) is 0 Å². The van der Waals surface area contributed by atoms with E-state index in [1.54, 1.807) is 0 Å². The molecule has 3 nitrogen and oxygen atoms in total. The minimum Gasteiger partial charge on any atom is -0.481 e. The van der Waals surface area contributed by atoms with E-state index >= 15 is 0 Å². The number of aliphatic hydroxyl groups excluding tert-OH is 1. The summed E-state index contributed by atoms with van der Waals surface area (Å²) in [6.45, 7) is 4.60. The number of aliphatic hydroxyl groups is 1. The van der Waals surface area contributed by atoms with Crippen LogP contribution in [0.3, 0.4) is 0 Å². The highest BCUT2D eigenvalue weighted by atomic mass is 16.4. The van der Waals surface area contributed by atoms with Crippen LogP contribution in [0.15, 0.2) is 12.2 Å². The monoisotopic (exact) mass is 957 g/mol. The van der Waals surface area contributed by atoms with Crippen molar-refractivity contribution in [2.45, 2.75) is 392 Å². The van der Waals surface area contributed by atoms with Gasteiger partial charge in [-0.1, -0.05) is 360 Å². The standard InChI is InChI=1S/C65H128O3/c1-3-5-7-9-11-13-15-17-19-21-23-25-27-28-29-30-31-32-33-34-35-36-37-38-39-40-42-44-46-48-50-52-54-56-58-60-62-64(66)63(65(67)68)61-59-57-55-53-51-49-47-45-43-41-26-24-22-20-18-16-14-12-10-8-6-4-2/h34-35,63-64,66H,3-33,36-62H2,1-2H3,(H,67,68)/b35-34-. The molecule has 2 unspecified atom stereocenters. The van der Waals surface area contributed by atoms with Gasteiger partial charge in [0, 0.05) is 0 Å². The first-order valence-corrected chi connectivity index (χ1v) is 32.2. The van der Waals surface area contributed by atoms with E-state index in [9.17, 15) is 15.0 Å². The highest BCUT2D eigenvalue weighted by Crippen LogP contribution is 2.22. The maximum Gasteiger partial charge on any atom is 0.309 e. The van der Waals surface area contributed by atoms with E-state index in [1.165, 1.54) is 334 Å². The van der Waals surface area contributed by atoms with Crippen molar-refractivity contribution in [1.29, 1.82) is 0 Å². The number of unbranched alkanes of at least 4 members (excludes halogenated alkanes) is 53. The fourth-order valence-electron chi connectivity index (χ4n) is 10.8. The van der Waals surface area contributed by atoms with E-state index in [0.29, 0.717) is 12.8 Å². The molecule has 406 valence electrons. The Labute approximate surface area is 429 Å². The maximum absolute atomic E-state index is 11.9. The van der Waals surface area contributed by atoms with Gasteiger partial charge in [-0.05, 0) is 38.5 Å². The van der Waals surface area contributed by atoms with Gasteiger partial charge < -0.3 is 10.2 Å². The summed E-state index contributed by atoms with van der Waals surface area (Å²) < 4.78 is 0. The van der Waals surface area contributed by atoms with E-state index in [0.717, 1.165) is 25.7 Å². The van der Waals surface area contributed by atoms with Gasteiger partial charge >= 0.3 is 5.97 Å². The maximum atomic E-state index is 11.9. The summed E-state index contributed by atoms with van der Waals surface area (Å²) in [4.78, 5) is 11.9. The van der Waals surface area contributed by atoms with Gasteiger partial charge in [0.25, 0.3) is 0 Å². The van der Waals surface area contributed by atoms with Crippen molar-refractivity contribution >= 4 is 5.97 Å². The fourth-order valence-corrected chi connectivity index (χ4v) is 10.8. The molecule has 0 spiro atoms. The van der Waals surface area contributed by atoms with Gasteiger partial charge in [0.15, 0.2) is 0 Å². The third-order valence-electron chi connectivity index (χ3n) is 15.7. The van der Waals surface area contributed by atoms with Crippen LogP contribution in [0.1, 0.15) is 386 Å². The van der Waals surface area contributed by atoms with Gasteiger partial charge in [0.2, 0.25) is 0 Å². The highest BCUT2D eigenvalue weighted by Gasteiger charge is 2.25. The van der Waals surface area contributed by atoms with Gasteiger partial charge in [-0.3, -0.25) is 4.79 Å². The minimum absolute atomic E-state index is 0.583. The van der Waals surface area contributed by atoms with Gasteiger partial charge in [0.1, 0.15) is 0 Å². The quantitative estimate of drug-likeness (QED) is 0.0472. The molecule has 0 aromatic rings. The van der Waals surface area contributed by atoms with Crippen molar-refractivity contribution in [3.63, 3.8) is 0 Å². The second-order valence-corrected chi connectivity index (χ2v) is 22.5. The van der Waals surface area contributed by atoms with Gasteiger partial charge in [0.05, 0.1) is 12.0 Å². The number of aliphatic carboxylic acids is 1. The Balaban J connectivity index is 3.38. The van der Waals surface area contributed by atoms with Crippen LogP contribution in [0, 0.1) is 5.92 Å². The largest absolute Gasteiger partial charge is 0.481 e. The number of hydrogen-bond donors (Lipinski definition) is 2. The predicted molar refractivity (Wildman–Crippen MR) is 305 cm³/mol. The fraction of sp³-hybridized carbons (Fsp3) is 0.954. The molecule has 2 atom stereocenters. The second kappa shape index (κ2) is 60.5. The molecule has 0 aliphatic rings. The molecular weight excluding hydrogens is 829 g/mol. The highest BCUT2D eigenvalue weighted by molar-refractivity contribution is 5.70. The Morgan fingerprint density at radius 3 is 0.662 bits per heavy atom. The van der Waals surface area contributed by atoms with E-state index in [4.69, 9.17) is 0 Å². The first-order valence-electron chi connectivity index (χ1n) is 32.2. The zero-order valence-corrected chi connectivity index (χ0v) is 47.1. The lowest BCUT2D eigenvalue weighted by Gasteiger charge is -2.19. The van der Waals surface area contributed by atoms with Gasteiger partial charge in [-0.2, -0.15) is 0 Å². The smallest absolute Gasteiger partial charge is 0.309 e. The Hall–Kier alpha value is -0.830. The van der Waals surface area contributed by atoms with E-state index in [-0.39, 0.29) is 0 Å². The molecule has 0 aromatic carbocycles. The first-order chi connectivity index (χ1) is 33.6. The zero-order valence-electron chi connectivity index (χ0n) is 47.1. The van der Waals surface area contributed by atoms with Crippen LogP contribution in [0.25, 0.3) is 0 Å². The summed E-state index contributed by atoms with van der Waals surface area (Å²) in [6, 6.07) is 0. The van der Waals surface area contributed by atoms with Crippen LogP contribution >= 0.6 is 0 Å². The molecule has 0 aromatic heterocycles. The summed E-state index contributed by atoms with van der Waals surface area (Å²) in [5.74, 6) is -1.38. The van der Waals surface area contributed by atoms with Crippen molar-refractivity contribution in [3.05, 3.63) is 12.2 Å². The van der Waals surface area contributed by atoms with Crippen LogP contribution in [0.2, 0.25) is 0 Å². The van der Waals surface area contributed by atoms with Crippen molar-refractivity contribution < 1.29 is 15.0 Å². The molecule has 0 radical (unpaired) electrons. The number of hydrogen-bond acceptors (Lipinski definition) is 2. The number of carboxylic acid groups (broad SMARTS) is 1. The molecule has 0 amide bonds. The van der Waals surface area contributed by atoms with Crippen LogP contribution in [0.5, 0.6) is 0 Å². The van der Waals surface area contributed by atoms with Gasteiger partial charge in [-0.15, -0.1) is 0 Å². The molecule has 2 N–H and O–H groups in total. The molecule has 0 rings (SSSR count). The second-order valence-electron chi connectivity index (χ2n) is 22.5. The lowest BCUT2D eigenvalue weighted by atomic mass is 9.91. The Bertz CT molecular complexity index is 944. The normalized spacial score (nSPS) is 12.8. The Morgan fingerprint density at radius 1 is 0.279 bits per heavy atom. The molecule has 0 saturated carbocycles. The molecular formula is C65H128O3. The van der Waals surface area contributed by atoms with Crippen LogP contribution < -0.4 is 0 Å². The minimum atomic E-state index is -0.801. The van der Waals surface area contributed by atoms with Crippen LogP contribution in [0.4, 0.5) is 0 Å². The molecule has 3 heteroatoms. The Kier molecular flexibility index (Phi) is 59.7. The van der Waals surface area contributed by atoms with Crippen molar-refractivity contribution in [2.75, 3.05) is 0 Å². The average molecular weight is 958 g/mol. The zero-order chi connectivity index (χ0) is 49.2.